The van der Waals surface area contributed by atoms with Gasteiger partial charge in [0, 0.05) is 10.8 Å². The smallest absolute Gasteiger partial charge is 0.187 e. The Hall–Kier alpha value is -0.820. The van der Waals surface area contributed by atoms with Crippen LogP contribution < -0.4 is 0 Å². The van der Waals surface area contributed by atoms with Crippen molar-refractivity contribution < 1.29 is 70.0 Å². The molecule has 0 aromatic rings. The first-order valence-electron chi connectivity index (χ1n) is 21.0. The summed E-state index contributed by atoms with van der Waals surface area (Å²) in [5, 5.41) is 106. The Morgan fingerprint density at radius 1 is 0.804 bits per heavy atom. The van der Waals surface area contributed by atoms with Crippen LogP contribution in [-0.4, -0.2) is 150 Å². The topological polar surface area (TPSA) is 239 Å². The quantitative estimate of drug-likeness (QED) is 0.132. The SMILES string of the molecule is C[C@H](CC[C@@H](O)C(C)(C)O)[C@H]1CC[C@@]2(C)[C@H]3CC=C4[C@@H](CC[C@H](O[C@@H]5O[C@H](CO[C@@H]6O[C@H](CO)[C@@H](O)[C@H](O)[C@H]6O)[C@@H](O)[C@H](O)[C@H]5O)C4(C)C)[C@]3(C)[C@H](O)C[C@]12C. The third kappa shape index (κ3) is 7.26. The van der Waals surface area contributed by atoms with Gasteiger partial charge in [0.15, 0.2) is 12.6 Å². The number of aliphatic hydroxyl groups excluding tert-OH is 9. The summed E-state index contributed by atoms with van der Waals surface area (Å²) in [5.41, 5.74) is -0.985. The van der Waals surface area contributed by atoms with Crippen molar-refractivity contribution in [2.24, 2.45) is 45.3 Å². The number of ether oxygens (including phenoxy) is 4. The first kappa shape index (κ1) is 44.7. The molecular weight excluding hydrogens is 728 g/mol. The van der Waals surface area contributed by atoms with Crippen molar-refractivity contribution in [3.05, 3.63) is 11.6 Å². The molecule has 20 atom stereocenters. The predicted molar refractivity (Wildman–Crippen MR) is 202 cm³/mol. The first-order valence-corrected chi connectivity index (χ1v) is 21.0. The van der Waals surface area contributed by atoms with Crippen molar-refractivity contribution >= 4 is 0 Å². The van der Waals surface area contributed by atoms with E-state index in [0.717, 1.165) is 32.1 Å². The summed E-state index contributed by atoms with van der Waals surface area (Å²) >= 11 is 0. The molecule has 2 heterocycles. The average Bonchev–Trinajstić information content (AvgIpc) is 3.40. The molecule has 2 saturated heterocycles. The summed E-state index contributed by atoms with van der Waals surface area (Å²) in [6.45, 7) is 15.8. The molecule has 4 aliphatic carbocycles. The van der Waals surface area contributed by atoms with Gasteiger partial charge in [-0.1, -0.05) is 53.2 Å². The molecule has 6 aliphatic rings. The van der Waals surface area contributed by atoms with Gasteiger partial charge < -0.3 is 70.0 Å². The second-order valence-corrected chi connectivity index (χ2v) is 20.3. The Kier molecular flexibility index (Phi) is 12.7. The van der Waals surface area contributed by atoms with Crippen LogP contribution >= 0.6 is 0 Å². The number of aliphatic hydroxyl groups is 10. The van der Waals surface area contributed by atoms with E-state index < -0.39 is 104 Å². The molecule has 56 heavy (non-hydrogen) atoms. The Bertz CT molecular complexity index is 1400. The maximum Gasteiger partial charge on any atom is 0.187 e. The lowest BCUT2D eigenvalue weighted by Crippen LogP contribution is -2.65. The molecule has 0 aromatic carbocycles. The standard InChI is InChI=1S/C42H72O14/c1-20(9-13-27(44)39(4,5)52)21-15-16-40(6)26-12-10-22-23(42(26,8)28(45)17-41(21,40)7)11-14-29(38(22,2)3)56-37-35(51)33(49)31(47)25(55-37)19-53-36-34(50)32(48)30(46)24(18-43)54-36/h10,20-21,23-37,43-52H,9,11-19H2,1-8H3/t20-,21-,23-,24-,25-,26-,27-,28-,29+,30-,31-,32+,33+,34-,35-,36-,37+,40+,41-,42+/m1/s1. The van der Waals surface area contributed by atoms with Crippen LogP contribution in [0.5, 0.6) is 0 Å². The molecule has 0 radical (unpaired) electrons. The van der Waals surface area contributed by atoms with E-state index in [-0.39, 0.29) is 28.1 Å². The molecule has 0 spiro atoms. The molecule has 14 heteroatoms. The van der Waals surface area contributed by atoms with E-state index in [1.54, 1.807) is 13.8 Å². The van der Waals surface area contributed by atoms with Gasteiger partial charge in [0.05, 0.1) is 37.1 Å². The maximum atomic E-state index is 12.4. The van der Waals surface area contributed by atoms with Gasteiger partial charge >= 0.3 is 0 Å². The minimum atomic E-state index is -1.67. The van der Waals surface area contributed by atoms with Gasteiger partial charge in [-0.3, -0.25) is 0 Å². The van der Waals surface area contributed by atoms with E-state index in [0.29, 0.717) is 31.1 Å². The van der Waals surface area contributed by atoms with E-state index in [9.17, 15) is 51.1 Å². The minimum Gasteiger partial charge on any atom is -0.394 e. The third-order valence-electron chi connectivity index (χ3n) is 16.6. The van der Waals surface area contributed by atoms with Crippen LogP contribution in [0.3, 0.4) is 0 Å². The van der Waals surface area contributed by atoms with Gasteiger partial charge in [-0.2, -0.15) is 0 Å². The van der Waals surface area contributed by atoms with Crippen molar-refractivity contribution in [3.8, 4) is 0 Å². The molecule has 6 rings (SSSR count). The van der Waals surface area contributed by atoms with E-state index >= 15 is 0 Å². The summed E-state index contributed by atoms with van der Waals surface area (Å²) in [7, 11) is 0. The van der Waals surface area contributed by atoms with Crippen LogP contribution in [0.1, 0.15) is 107 Å². The molecule has 0 unspecified atom stereocenters. The summed E-state index contributed by atoms with van der Waals surface area (Å²) in [4.78, 5) is 0. The first-order chi connectivity index (χ1) is 25.9. The lowest BCUT2D eigenvalue weighted by atomic mass is 9.38. The highest BCUT2D eigenvalue weighted by molar-refractivity contribution is 5.32. The highest BCUT2D eigenvalue weighted by atomic mass is 16.7. The van der Waals surface area contributed by atoms with Crippen LogP contribution in [0.2, 0.25) is 0 Å². The minimum absolute atomic E-state index is 0.0159. The Morgan fingerprint density at radius 2 is 1.41 bits per heavy atom. The highest BCUT2D eigenvalue weighted by Crippen LogP contribution is 2.75. The Morgan fingerprint density at radius 3 is 2.04 bits per heavy atom. The van der Waals surface area contributed by atoms with Gasteiger partial charge in [-0.05, 0) is 99.7 Å². The van der Waals surface area contributed by atoms with Crippen LogP contribution in [0.25, 0.3) is 0 Å². The summed E-state index contributed by atoms with van der Waals surface area (Å²) < 4.78 is 23.6. The van der Waals surface area contributed by atoms with Crippen molar-refractivity contribution in [1.82, 2.24) is 0 Å². The Labute approximate surface area is 331 Å². The predicted octanol–water partition coefficient (Wildman–Crippen LogP) is 1.12. The largest absolute Gasteiger partial charge is 0.394 e. The van der Waals surface area contributed by atoms with Crippen LogP contribution in [-0.2, 0) is 18.9 Å². The molecule has 3 saturated carbocycles. The molecule has 5 fully saturated rings. The average molecular weight is 801 g/mol. The maximum absolute atomic E-state index is 12.4. The summed E-state index contributed by atoms with van der Waals surface area (Å²) in [5.74, 6) is 1.05. The van der Waals surface area contributed by atoms with Gasteiger partial charge in [0.1, 0.15) is 48.8 Å². The summed E-state index contributed by atoms with van der Waals surface area (Å²) in [6, 6.07) is 0. The Balaban J connectivity index is 1.16. The third-order valence-corrected chi connectivity index (χ3v) is 16.6. The molecule has 0 amide bonds. The molecule has 2 aliphatic heterocycles. The van der Waals surface area contributed by atoms with Crippen LogP contribution in [0.4, 0.5) is 0 Å². The number of rotatable bonds is 11. The zero-order valence-corrected chi connectivity index (χ0v) is 34.6. The van der Waals surface area contributed by atoms with E-state index in [2.05, 4.69) is 47.6 Å². The monoisotopic (exact) mass is 800 g/mol. The molecule has 0 aromatic heterocycles. The van der Waals surface area contributed by atoms with Crippen LogP contribution in [0.15, 0.2) is 11.6 Å². The van der Waals surface area contributed by atoms with Crippen molar-refractivity contribution in [1.29, 1.82) is 0 Å². The molecule has 324 valence electrons. The van der Waals surface area contributed by atoms with E-state index in [4.69, 9.17) is 18.9 Å². The lowest BCUT2D eigenvalue weighted by Gasteiger charge is -2.67. The number of allylic oxidation sites excluding steroid dienone is 1. The van der Waals surface area contributed by atoms with E-state index in [1.165, 1.54) is 5.57 Å². The fourth-order valence-electron chi connectivity index (χ4n) is 12.6. The fraction of sp³-hybridized carbons (Fsp3) is 0.952. The number of fused-ring (bicyclic) bond motifs is 5. The van der Waals surface area contributed by atoms with E-state index in [1.807, 2.05) is 0 Å². The van der Waals surface area contributed by atoms with Gasteiger partial charge in [-0.25, -0.2) is 0 Å². The second kappa shape index (κ2) is 15.9. The van der Waals surface area contributed by atoms with Gasteiger partial charge in [0.25, 0.3) is 0 Å². The normalized spacial score (nSPS) is 50.3. The van der Waals surface area contributed by atoms with Crippen LogP contribution in [0, 0.1) is 45.3 Å². The van der Waals surface area contributed by atoms with Crippen molar-refractivity contribution in [2.75, 3.05) is 13.2 Å². The molecular formula is C42H72O14. The zero-order valence-electron chi connectivity index (χ0n) is 34.6. The van der Waals surface area contributed by atoms with Gasteiger partial charge in [0.2, 0.25) is 0 Å². The molecule has 10 N–H and O–H groups in total. The summed E-state index contributed by atoms with van der Waals surface area (Å²) in [6.07, 6.45) is -8.06. The highest BCUT2D eigenvalue weighted by Gasteiger charge is 2.70. The second-order valence-electron chi connectivity index (χ2n) is 20.3. The lowest BCUT2D eigenvalue weighted by molar-refractivity contribution is -0.340. The molecule has 0 bridgehead atoms. The van der Waals surface area contributed by atoms with Gasteiger partial charge in [-0.15, -0.1) is 0 Å². The zero-order chi connectivity index (χ0) is 41.5. The molecule has 14 nitrogen and oxygen atoms in total. The van der Waals surface area contributed by atoms with Crippen molar-refractivity contribution in [3.63, 3.8) is 0 Å². The van der Waals surface area contributed by atoms with Crippen molar-refractivity contribution in [2.45, 2.75) is 192 Å². The fourth-order valence-corrected chi connectivity index (χ4v) is 12.6. The number of hydrogen-bond acceptors (Lipinski definition) is 14. The number of hydrogen-bond donors (Lipinski definition) is 10.